The van der Waals surface area contributed by atoms with Gasteiger partial charge in [0.2, 0.25) is 0 Å². The van der Waals surface area contributed by atoms with E-state index < -0.39 is 0 Å². The highest BCUT2D eigenvalue weighted by molar-refractivity contribution is 7.20. The normalized spacial score (nSPS) is 14.8. The fraction of sp³-hybridized carbons (Fsp3) is 0.333. The summed E-state index contributed by atoms with van der Waals surface area (Å²) < 4.78 is 17.9. The van der Waals surface area contributed by atoms with Gasteiger partial charge in [0.05, 0.1) is 17.3 Å². The van der Waals surface area contributed by atoms with Crippen LogP contribution in [-0.4, -0.2) is 48.7 Å². The number of likely N-dealkylation sites (tertiary alicyclic amines) is 1. The first-order valence-corrected chi connectivity index (χ1v) is 10.6. The number of aromatic nitrogens is 1. The van der Waals surface area contributed by atoms with Crippen LogP contribution in [0.4, 0.5) is 0 Å². The van der Waals surface area contributed by atoms with Gasteiger partial charge in [0.25, 0.3) is 11.1 Å². The highest BCUT2D eigenvalue weighted by Gasteiger charge is 2.25. The SMILES string of the molecule is COc1ccc2nc(OC3CCN(C(=O)COc4ccc(Cl)cc4)CC3)sc2c1. The van der Waals surface area contributed by atoms with Crippen molar-refractivity contribution in [3.8, 4) is 16.7 Å². The maximum absolute atomic E-state index is 12.4. The lowest BCUT2D eigenvalue weighted by molar-refractivity contribution is -0.135. The molecule has 1 amide bonds. The zero-order valence-corrected chi connectivity index (χ0v) is 17.5. The second kappa shape index (κ2) is 8.88. The van der Waals surface area contributed by atoms with E-state index in [2.05, 4.69) is 4.98 Å². The first-order chi connectivity index (χ1) is 14.1. The highest BCUT2D eigenvalue weighted by atomic mass is 35.5. The Morgan fingerprint density at radius 2 is 1.90 bits per heavy atom. The molecule has 0 spiro atoms. The Bertz CT molecular complexity index is 984. The lowest BCUT2D eigenvalue weighted by Gasteiger charge is -2.31. The molecule has 0 saturated carbocycles. The number of thiazole rings is 1. The van der Waals surface area contributed by atoms with Crippen LogP contribution in [0.25, 0.3) is 10.2 Å². The zero-order chi connectivity index (χ0) is 20.2. The van der Waals surface area contributed by atoms with Crippen LogP contribution in [0.1, 0.15) is 12.8 Å². The molecule has 0 unspecified atom stereocenters. The fourth-order valence-electron chi connectivity index (χ4n) is 3.19. The maximum Gasteiger partial charge on any atom is 0.274 e. The highest BCUT2D eigenvalue weighted by Crippen LogP contribution is 2.32. The van der Waals surface area contributed by atoms with Crippen LogP contribution in [0.3, 0.4) is 0 Å². The molecule has 2 heterocycles. The van der Waals surface area contributed by atoms with Crippen LogP contribution in [-0.2, 0) is 4.79 Å². The predicted molar refractivity (Wildman–Crippen MR) is 113 cm³/mol. The third-order valence-corrected chi connectivity index (χ3v) is 5.98. The summed E-state index contributed by atoms with van der Waals surface area (Å²) in [4.78, 5) is 18.7. The number of nitrogens with zero attached hydrogens (tertiary/aromatic N) is 2. The molecule has 3 aromatic rings. The monoisotopic (exact) mass is 432 g/mol. The summed E-state index contributed by atoms with van der Waals surface area (Å²) in [5.74, 6) is 1.42. The van der Waals surface area contributed by atoms with Gasteiger partial charge in [-0.25, -0.2) is 4.98 Å². The number of ether oxygens (including phenoxy) is 3. The number of carbonyl (C=O) groups is 1. The number of amides is 1. The third kappa shape index (κ3) is 4.92. The van der Waals surface area contributed by atoms with Gasteiger partial charge in [0, 0.05) is 31.0 Å². The van der Waals surface area contributed by atoms with E-state index >= 15 is 0 Å². The van der Waals surface area contributed by atoms with Crippen LogP contribution < -0.4 is 14.2 Å². The molecule has 152 valence electrons. The Kier molecular flexibility index (Phi) is 6.06. The van der Waals surface area contributed by atoms with Crippen molar-refractivity contribution in [3.05, 3.63) is 47.5 Å². The number of hydrogen-bond donors (Lipinski definition) is 0. The summed E-state index contributed by atoms with van der Waals surface area (Å²) in [5.41, 5.74) is 0.901. The molecule has 1 aromatic heterocycles. The van der Waals surface area contributed by atoms with Gasteiger partial charge in [-0.05, 0) is 42.5 Å². The van der Waals surface area contributed by atoms with Crippen LogP contribution in [0.2, 0.25) is 5.02 Å². The Morgan fingerprint density at radius 3 is 2.62 bits per heavy atom. The van der Waals surface area contributed by atoms with E-state index in [1.165, 1.54) is 11.3 Å². The Morgan fingerprint density at radius 1 is 1.17 bits per heavy atom. The van der Waals surface area contributed by atoms with Gasteiger partial charge in [-0.15, -0.1) is 0 Å². The molecule has 0 N–H and O–H groups in total. The summed E-state index contributed by atoms with van der Waals surface area (Å²) in [6, 6.07) is 12.8. The molecule has 0 bridgehead atoms. The van der Waals surface area contributed by atoms with Crippen molar-refractivity contribution < 1.29 is 19.0 Å². The Labute approximate surface area is 178 Å². The molecule has 1 saturated heterocycles. The van der Waals surface area contributed by atoms with Crippen LogP contribution in [0, 0.1) is 0 Å². The van der Waals surface area contributed by atoms with Crippen molar-refractivity contribution in [1.82, 2.24) is 9.88 Å². The minimum atomic E-state index is -0.0227. The summed E-state index contributed by atoms with van der Waals surface area (Å²) in [6.07, 6.45) is 1.59. The van der Waals surface area contributed by atoms with E-state index in [1.54, 1.807) is 31.4 Å². The van der Waals surface area contributed by atoms with Crippen molar-refractivity contribution in [1.29, 1.82) is 0 Å². The van der Waals surface area contributed by atoms with Gasteiger partial charge in [0.15, 0.2) is 6.61 Å². The van der Waals surface area contributed by atoms with E-state index in [1.807, 2.05) is 23.1 Å². The van der Waals surface area contributed by atoms with Crippen molar-refractivity contribution in [2.24, 2.45) is 0 Å². The largest absolute Gasteiger partial charge is 0.497 e. The number of carbonyl (C=O) groups excluding carboxylic acids is 1. The number of rotatable bonds is 6. The maximum atomic E-state index is 12.4. The van der Waals surface area contributed by atoms with E-state index in [9.17, 15) is 4.79 Å². The molecule has 0 atom stereocenters. The molecule has 0 aliphatic carbocycles. The molecule has 4 rings (SSSR count). The summed E-state index contributed by atoms with van der Waals surface area (Å²) >= 11 is 7.36. The van der Waals surface area contributed by atoms with Crippen molar-refractivity contribution >= 4 is 39.1 Å². The van der Waals surface area contributed by atoms with Crippen LogP contribution in [0.5, 0.6) is 16.7 Å². The van der Waals surface area contributed by atoms with Gasteiger partial charge in [-0.2, -0.15) is 0 Å². The van der Waals surface area contributed by atoms with Gasteiger partial charge >= 0.3 is 0 Å². The topological polar surface area (TPSA) is 60.9 Å². The fourth-order valence-corrected chi connectivity index (χ4v) is 4.23. The van der Waals surface area contributed by atoms with Crippen molar-refractivity contribution in [2.45, 2.75) is 18.9 Å². The molecule has 0 radical (unpaired) electrons. The Balaban J connectivity index is 1.26. The molecule has 1 aliphatic heterocycles. The minimum absolute atomic E-state index is 0.0207. The second-order valence-corrected chi connectivity index (χ2v) is 8.18. The number of hydrogen-bond acceptors (Lipinski definition) is 6. The quantitative estimate of drug-likeness (QED) is 0.577. The minimum Gasteiger partial charge on any atom is -0.497 e. The lowest BCUT2D eigenvalue weighted by Crippen LogP contribution is -2.43. The van der Waals surface area contributed by atoms with E-state index in [-0.39, 0.29) is 18.6 Å². The molecule has 6 nitrogen and oxygen atoms in total. The smallest absolute Gasteiger partial charge is 0.274 e. The summed E-state index contributed by atoms with van der Waals surface area (Å²) in [6.45, 7) is 1.31. The lowest BCUT2D eigenvalue weighted by atomic mass is 10.1. The molecule has 8 heteroatoms. The van der Waals surface area contributed by atoms with E-state index in [4.69, 9.17) is 25.8 Å². The molecule has 1 aliphatic rings. The van der Waals surface area contributed by atoms with Gasteiger partial charge in [0.1, 0.15) is 17.6 Å². The second-order valence-electron chi connectivity index (χ2n) is 6.75. The number of methoxy groups -OCH3 is 1. The van der Waals surface area contributed by atoms with Crippen LogP contribution >= 0.6 is 22.9 Å². The zero-order valence-electron chi connectivity index (χ0n) is 16.0. The number of halogens is 1. The number of fused-ring (bicyclic) bond motifs is 1. The number of benzene rings is 2. The van der Waals surface area contributed by atoms with Gasteiger partial charge < -0.3 is 19.1 Å². The molecule has 29 heavy (non-hydrogen) atoms. The van der Waals surface area contributed by atoms with E-state index in [0.29, 0.717) is 29.1 Å². The van der Waals surface area contributed by atoms with Crippen molar-refractivity contribution in [2.75, 3.05) is 26.8 Å². The first-order valence-electron chi connectivity index (χ1n) is 9.38. The summed E-state index contributed by atoms with van der Waals surface area (Å²) in [7, 11) is 1.65. The van der Waals surface area contributed by atoms with Gasteiger partial charge in [-0.3, -0.25) is 4.79 Å². The number of piperidine rings is 1. The van der Waals surface area contributed by atoms with E-state index in [0.717, 1.165) is 28.8 Å². The molecular formula is C21H21ClN2O4S. The van der Waals surface area contributed by atoms with Gasteiger partial charge in [-0.1, -0.05) is 22.9 Å². The molecule has 1 fully saturated rings. The Hall–Kier alpha value is -2.51. The standard InChI is InChI=1S/C21H21ClN2O4S/c1-26-17-6-7-18-19(12-17)29-21(23-18)28-16-8-10-24(11-9-16)20(25)13-27-15-4-2-14(22)3-5-15/h2-7,12,16H,8-11,13H2,1H3. The first kappa shape index (κ1) is 19.8. The van der Waals surface area contributed by atoms with Crippen LogP contribution in [0.15, 0.2) is 42.5 Å². The van der Waals surface area contributed by atoms with Crippen molar-refractivity contribution in [3.63, 3.8) is 0 Å². The molecular weight excluding hydrogens is 412 g/mol. The average molecular weight is 433 g/mol. The summed E-state index contributed by atoms with van der Waals surface area (Å²) in [5, 5.41) is 1.29. The third-order valence-electron chi connectivity index (χ3n) is 4.81. The molecule has 2 aromatic carbocycles. The predicted octanol–water partition coefficient (Wildman–Crippen LogP) is 4.41. The average Bonchev–Trinajstić information content (AvgIpc) is 3.15.